The van der Waals surface area contributed by atoms with Crippen LogP contribution >= 0.6 is 7.82 Å². The lowest BCUT2D eigenvalue weighted by Gasteiger charge is -2.20. The van der Waals surface area contributed by atoms with Crippen molar-refractivity contribution in [1.29, 1.82) is 0 Å². The summed E-state index contributed by atoms with van der Waals surface area (Å²) in [6.45, 7) is 6.74. The zero-order valence-electron chi connectivity index (χ0n) is 31.2. The number of amides is 1. The van der Waals surface area contributed by atoms with Crippen LogP contribution in [-0.2, 0) is 37.5 Å². The first-order valence-electron chi connectivity index (χ1n) is 19.6. The van der Waals surface area contributed by atoms with E-state index in [1.165, 1.54) is 109 Å². The first-order chi connectivity index (χ1) is 23.7. The van der Waals surface area contributed by atoms with E-state index >= 15 is 0 Å². The Balaban J connectivity index is 4.43. The van der Waals surface area contributed by atoms with Crippen molar-refractivity contribution in [3.05, 3.63) is 12.7 Å². The van der Waals surface area contributed by atoms with E-state index in [0.717, 1.165) is 44.6 Å². The molecule has 0 aliphatic carbocycles. The van der Waals surface area contributed by atoms with Crippen LogP contribution < -0.4 is 5.32 Å². The zero-order chi connectivity index (χ0) is 36.3. The van der Waals surface area contributed by atoms with Gasteiger partial charge in [0.25, 0.3) is 0 Å². The number of unbranched alkanes of at least 4 members (excludes halogenated alkanes) is 22. The van der Waals surface area contributed by atoms with Crippen LogP contribution in [0.4, 0.5) is 0 Å². The summed E-state index contributed by atoms with van der Waals surface area (Å²) in [6, 6.07) is 0. The van der Waals surface area contributed by atoms with E-state index in [-0.39, 0.29) is 32.6 Å². The Kier molecular flexibility index (Phi) is 33.5. The minimum atomic E-state index is -4.51. The van der Waals surface area contributed by atoms with Gasteiger partial charge in [0, 0.05) is 19.4 Å². The Morgan fingerprint density at radius 2 is 1.04 bits per heavy atom. The summed E-state index contributed by atoms with van der Waals surface area (Å²) in [6.07, 6.45) is 29.0. The molecular formula is C38H72NO9P. The molecule has 10 nitrogen and oxygen atoms in total. The molecule has 0 aliphatic rings. The van der Waals surface area contributed by atoms with Gasteiger partial charge in [0.1, 0.15) is 6.61 Å². The predicted molar refractivity (Wildman–Crippen MR) is 197 cm³/mol. The van der Waals surface area contributed by atoms with E-state index in [0.29, 0.717) is 6.42 Å². The second-order valence-corrected chi connectivity index (χ2v) is 14.6. The standard InChI is InChI=1S/C38H72NO9P/c1-4-7-9-11-13-15-17-19-21-23-25-27-29-37(41)45-33-35(34-47-49(43,44)46-32-31-39-36(40)6-3)48-38(42)30-28-26-24-22-20-18-16-14-12-10-8-5-2/h6,35H,3-5,7-34H2,1-2H3,(H,39,40)(H,43,44). The van der Waals surface area contributed by atoms with Crippen molar-refractivity contribution in [2.45, 2.75) is 187 Å². The first-order valence-corrected chi connectivity index (χ1v) is 21.1. The van der Waals surface area contributed by atoms with Crippen LogP contribution in [0.25, 0.3) is 0 Å². The fraction of sp³-hybridized carbons (Fsp3) is 0.868. The fourth-order valence-corrected chi connectivity index (χ4v) is 6.21. The highest BCUT2D eigenvalue weighted by molar-refractivity contribution is 7.47. The number of phosphoric acid groups is 1. The molecule has 0 saturated carbocycles. The molecule has 0 heterocycles. The molecule has 1 amide bonds. The highest BCUT2D eigenvalue weighted by atomic mass is 31.2. The Morgan fingerprint density at radius 1 is 0.633 bits per heavy atom. The molecule has 0 spiro atoms. The number of hydrogen-bond acceptors (Lipinski definition) is 8. The molecule has 0 rings (SSSR count). The van der Waals surface area contributed by atoms with Crippen LogP contribution in [0.5, 0.6) is 0 Å². The number of nitrogens with one attached hydrogen (secondary N) is 1. The fourth-order valence-electron chi connectivity index (χ4n) is 5.46. The van der Waals surface area contributed by atoms with Gasteiger partial charge in [-0.05, 0) is 18.9 Å². The number of ether oxygens (including phenoxy) is 2. The maximum Gasteiger partial charge on any atom is 0.472 e. The Hall–Kier alpha value is -1.74. The lowest BCUT2D eigenvalue weighted by atomic mass is 10.0. The third-order valence-corrected chi connectivity index (χ3v) is 9.45. The van der Waals surface area contributed by atoms with Crippen molar-refractivity contribution in [2.24, 2.45) is 0 Å². The van der Waals surface area contributed by atoms with E-state index < -0.39 is 38.4 Å². The molecule has 0 aromatic heterocycles. The lowest BCUT2D eigenvalue weighted by molar-refractivity contribution is -0.161. The molecule has 2 unspecified atom stereocenters. The molecule has 0 aromatic carbocycles. The number of esters is 2. The van der Waals surface area contributed by atoms with Crippen molar-refractivity contribution in [1.82, 2.24) is 5.32 Å². The van der Waals surface area contributed by atoms with Gasteiger partial charge in [-0.3, -0.25) is 23.4 Å². The smallest absolute Gasteiger partial charge is 0.462 e. The van der Waals surface area contributed by atoms with Crippen molar-refractivity contribution < 1.29 is 42.4 Å². The van der Waals surface area contributed by atoms with Gasteiger partial charge in [-0.15, -0.1) is 0 Å². The number of rotatable bonds is 37. The van der Waals surface area contributed by atoms with Crippen LogP contribution in [-0.4, -0.2) is 55.2 Å². The summed E-state index contributed by atoms with van der Waals surface area (Å²) in [5.41, 5.74) is 0. The summed E-state index contributed by atoms with van der Waals surface area (Å²) in [5.74, 6) is -1.32. The minimum Gasteiger partial charge on any atom is -0.462 e. The molecule has 11 heteroatoms. The van der Waals surface area contributed by atoms with Gasteiger partial charge in [0.05, 0.1) is 13.2 Å². The third-order valence-electron chi connectivity index (χ3n) is 8.46. The highest BCUT2D eigenvalue weighted by Crippen LogP contribution is 2.43. The molecule has 49 heavy (non-hydrogen) atoms. The first kappa shape index (κ1) is 47.3. The van der Waals surface area contributed by atoms with Crippen LogP contribution in [0.1, 0.15) is 181 Å². The van der Waals surface area contributed by atoms with E-state index in [2.05, 4.69) is 25.7 Å². The molecular weight excluding hydrogens is 645 g/mol. The number of phosphoric ester groups is 1. The quantitative estimate of drug-likeness (QED) is 0.0278. The summed E-state index contributed by atoms with van der Waals surface area (Å²) in [7, 11) is -4.51. The van der Waals surface area contributed by atoms with Crippen LogP contribution in [0.15, 0.2) is 12.7 Å². The molecule has 0 aliphatic heterocycles. The normalized spacial score (nSPS) is 13.0. The van der Waals surface area contributed by atoms with Gasteiger partial charge in [0.2, 0.25) is 5.91 Å². The number of hydrogen-bond donors (Lipinski definition) is 2. The van der Waals surface area contributed by atoms with Crippen LogP contribution in [0.2, 0.25) is 0 Å². The summed E-state index contributed by atoms with van der Waals surface area (Å²) >= 11 is 0. The van der Waals surface area contributed by atoms with Gasteiger partial charge in [-0.2, -0.15) is 0 Å². The largest absolute Gasteiger partial charge is 0.472 e. The lowest BCUT2D eigenvalue weighted by Crippen LogP contribution is -2.30. The molecule has 0 bridgehead atoms. The summed E-state index contributed by atoms with van der Waals surface area (Å²) in [4.78, 5) is 46.2. The van der Waals surface area contributed by atoms with Gasteiger partial charge in [-0.1, -0.05) is 162 Å². The van der Waals surface area contributed by atoms with E-state index in [1.54, 1.807) is 0 Å². The van der Waals surface area contributed by atoms with Gasteiger partial charge >= 0.3 is 19.8 Å². The SMILES string of the molecule is C=CC(=O)NCCOP(=O)(O)OCC(COC(=O)CCCCCCCCCCCCCC)OC(=O)CCCCCCCCCCCCCC. The Bertz CT molecular complexity index is 870. The number of carbonyl (C=O) groups is 3. The molecule has 0 saturated heterocycles. The second-order valence-electron chi connectivity index (χ2n) is 13.2. The maximum absolute atomic E-state index is 12.6. The van der Waals surface area contributed by atoms with Crippen molar-refractivity contribution in [3.63, 3.8) is 0 Å². The monoisotopic (exact) mass is 717 g/mol. The van der Waals surface area contributed by atoms with Crippen LogP contribution in [0.3, 0.4) is 0 Å². The van der Waals surface area contributed by atoms with Crippen molar-refractivity contribution in [2.75, 3.05) is 26.4 Å². The van der Waals surface area contributed by atoms with Crippen molar-refractivity contribution >= 4 is 25.7 Å². The average molecular weight is 718 g/mol. The van der Waals surface area contributed by atoms with Crippen LogP contribution in [0, 0.1) is 0 Å². The van der Waals surface area contributed by atoms with E-state index in [4.69, 9.17) is 18.5 Å². The molecule has 2 atom stereocenters. The summed E-state index contributed by atoms with van der Waals surface area (Å²) in [5, 5.41) is 2.42. The second kappa shape index (κ2) is 34.7. The molecule has 288 valence electrons. The minimum absolute atomic E-state index is 0.0209. The predicted octanol–water partition coefficient (Wildman–Crippen LogP) is 10.1. The Morgan fingerprint density at radius 3 is 1.47 bits per heavy atom. The van der Waals surface area contributed by atoms with Gasteiger partial charge in [-0.25, -0.2) is 4.57 Å². The topological polar surface area (TPSA) is 137 Å². The zero-order valence-corrected chi connectivity index (χ0v) is 32.1. The molecule has 2 N–H and O–H groups in total. The molecule has 0 fully saturated rings. The van der Waals surface area contributed by atoms with E-state index in [9.17, 15) is 23.8 Å². The van der Waals surface area contributed by atoms with Crippen molar-refractivity contribution in [3.8, 4) is 0 Å². The molecule has 0 aromatic rings. The maximum atomic E-state index is 12.6. The van der Waals surface area contributed by atoms with Gasteiger partial charge < -0.3 is 19.7 Å². The van der Waals surface area contributed by atoms with E-state index in [1.807, 2.05) is 0 Å². The highest BCUT2D eigenvalue weighted by Gasteiger charge is 2.26. The Labute approximate surface area is 298 Å². The number of carbonyl (C=O) groups excluding carboxylic acids is 3. The molecule has 0 radical (unpaired) electrons. The summed E-state index contributed by atoms with van der Waals surface area (Å²) < 4.78 is 33.1. The van der Waals surface area contributed by atoms with Gasteiger partial charge in [0.15, 0.2) is 6.10 Å². The average Bonchev–Trinajstić information content (AvgIpc) is 3.08. The third kappa shape index (κ3) is 34.5.